The molecule has 2 aromatic heterocycles. The molecular weight excluding hydrogens is 349 g/mol. The summed E-state index contributed by atoms with van der Waals surface area (Å²) in [4.78, 5) is 15.2. The van der Waals surface area contributed by atoms with Crippen molar-refractivity contribution in [2.24, 2.45) is 0 Å². The van der Waals surface area contributed by atoms with E-state index >= 15 is 0 Å². The fourth-order valence-electron chi connectivity index (χ4n) is 2.38. The van der Waals surface area contributed by atoms with Gasteiger partial charge in [0.25, 0.3) is 0 Å². The molecule has 0 aliphatic heterocycles. The zero-order valence-corrected chi connectivity index (χ0v) is 12.9. The van der Waals surface area contributed by atoms with Crippen LogP contribution in [0, 0.1) is 11.3 Å². The molecule has 0 unspecified atom stereocenters. The molecule has 0 aliphatic carbocycles. The molecule has 1 N–H and O–H groups in total. The number of carboxylic acid groups (broad SMARTS) is 1. The number of aromatic carboxylic acids is 1. The Morgan fingerprint density at radius 1 is 1.23 bits per heavy atom. The Morgan fingerprint density at radius 3 is 2.58 bits per heavy atom. The number of carbonyl (C=O) groups is 1. The molecule has 0 bridgehead atoms. The Labute approximate surface area is 144 Å². The Morgan fingerprint density at radius 2 is 2.00 bits per heavy atom. The van der Waals surface area contributed by atoms with E-state index in [-0.39, 0.29) is 22.6 Å². The van der Waals surface area contributed by atoms with Gasteiger partial charge in [-0.05, 0) is 36.4 Å². The predicted molar refractivity (Wildman–Crippen MR) is 83.5 cm³/mol. The molecule has 6 nitrogen and oxygen atoms in total. The second kappa shape index (κ2) is 6.33. The maximum absolute atomic E-state index is 12.9. The number of benzene rings is 1. The van der Waals surface area contributed by atoms with Crippen molar-refractivity contribution >= 4 is 5.97 Å². The standard InChI is InChI=1S/C17H9F3N4O2/c18-17(19,20)12-3-4-14(11(6-12)8-21)24-15(7-13(23-24)16(25)26)10-2-1-5-22-9-10/h1-7,9H,(H,25,26). The lowest BCUT2D eigenvalue weighted by molar-refractivity contribution is -0.137. The SMILES string of the molecule is N#Cc1cc(C(F)(F)F)ccc1-n1nc(C(=O)O)cc1-c1cccnc1. The van der Waals surface area contributed by atoms with Gasteiger partial charge in [-0.15, -0.1) is 0 Å². The van der Waals surface area contributed by atoms with Crippen LogP contribution in [-0.4, -0.2) is 25.8 Å². The maximum Gasteiger partial charge on any atom is 0.416 e. The number of halogens is 3. The minimum absolute atomic E-state index is 0.0341. The van der Waals surface area contributed by atoms with E-state index in [0.717, 1.165) is 16.8 Å². The molecule has 0 fully saturated rings. The molecule has 0 spiro atoms. The number of hydrogen-bond acceptors (Lipinski definition) is 4. The zero-order chi connectivity index (χ0) is 18.9. The third kappa shape index (κ3) is 3.12. The summed E-state index contributed by atoms with van der Waals surface area (Å²) in [5, 5.41) is 22.4. The Bertz CT molecular complexity index is 1020. The van der Waals surface area contributed by atoms with E-state index in [4.69, 9.17) is 0 Å². The summed E-state index contributed by atoms with van der Waals surface area (Å²) < 4.78 is 39.7. The Kier molecular flexibility index (Phi) is 4.18. The number of alkyl halides is 3. The van der Waals surface area contributed by atoms with E-state index in [2.05, 4.69) is 10.1 Å². The quantitative estimate of drug-likeness (QED) is 0.773. The number of pyridine rings is 1. The topological polar surface area (TPSA) is 91.8 Å². The first-order chi connectivity index (χ1) is 12.3. The van der Waals surface area contributed by atoms with Crippen molar-refractivity contribution in [2.75, 3.05) is 0 Å². The molecule has 3 rings (SSSR count). The molecule has 0 saturated heterocycles. The normalized spacial score (nSPS) is 11.2. The summed E-state index contributed by atoms with van der Waals surface area (Å²) >= 11 is 0. The zero-order valence-electron chi connectivity index (χ0n) is 12.9. The van der Waals surface area contributed by atoms with Crippen LogP contribution >= 0.6 is 0 Å². The van der Waals surface area contributed by atoms with Gasteiger partial charge in [0.1, 0.15) is 6.07 Å². The summed E-state index contributed by atoms with van der Waals surface area (Å²) in [5.74, 6) is -1.31. The summed E-state index contributed by atoms with van der Waals surface area (Å²) in [7, 11) is 0. The van der Waals surface area contributed by atoms with Gasteiger partial charge < -0.3 is 5.11 Å². The van der Waals surface area contributed by atoms with Gasteiger partial charge in [-0.2, -0.15) is 23.5 Å². The highest BCUT2D eigenvalue weighted by atomic mass is 19.4. The number of carboxylic acids is 1. The molecule has 1 aromatic carbocycles. The highest BCUT2D eigenvalue weighted by molar-refractivity contribution is 5.87. The average molecular weight is 358 g/mol. The first kappa shape index (κ1) is 17.2. The summed E-state index contributed by atoms with van der Waals surface area (Å²) in [6, 6.07) is 8.81. The largest absolute Gasteiger partial charge is 0.476 e. The van der Waals surface area contributed by atoms with Crippen LogP contribution in [0.25, 0.3) is 16.9 Å². The lowest BCUT2D eigenvalue weighted by Gasteiger charge is -2.12. The molecule has 0 radical (unpaired) electrons. The Hall–Kier alpha value is -3.67. The highest BCUT2D eigenvalue weighted by Crippen LogP contribution is 2.32. The summed E-state index contributed by atoms with van der Waals surface area (Å²) in [6.07, 6.45) is -1.64. The van der Waals surface area contributed by atoms with Crippen LogP contribution in [0.3, 0.4) is 0 Å². The third-order valence-corrected chi connectivity index (χ3v) is 3.56. The van der Waals surface area contributed by atoms with E-state index in [1.807, 2.05) is 0 Å². The summed E-state index contributed by atoms with van der Waals surface area (Å²) in [6.45, 7) is 0. The molecule has 0 aliphatic rings. The second-order valence-corrected chi connectivity index (χ2v) is 5.21. The van der Waals surface area contributed by atoms with Gasteiger partial charge in [0.05, 0.1) is 22.5 Å². The molecular formula is C17H9F3N4O2. The van der Waals surface area contributed by atoms with Crippen molar-refractivity contribution in [1.82, 2.24) is 14.8 Å². The number of hydrogen-bond donors (Lipinski definition) is 1. The van der Waals surface area contributed by atoms with Crippen LogP contribution in [0.1, 0.15) is 21.6 Å². The van der Waals surface area contributed by atoms with E-state index in [0.29, 0.717) is 11.6 Å². The van der Waals surface area contributed by atoms with Crippen molar-refractivity contribution in [2.45, 2.75) is 6.18 Å². The van der Waals surface area contributed by atoms with Crippen LogP contribution in [0.15, 0.2) is 48.8 Å². The van der Waals surface area contributed by atoms with Crippen LogP contribution < -0.4 is 0 Å². The molecule has 3 aromatic rings. The molecule has 130 valence electrons. The fraction of sp³-hybridized carbons (Fsp3) is 0.0588. The lowest BCUT2D eigenvalue weighted by atomic mass is 10.1. The average Bonchev–Trinajstić information content (AvgIpc) is 3.06. The third-order valence-electron chi connectivity index (χ3n) is 3.56. The molecule has 0 atom stereocenters. The van der Waals surface area contributed by atoms with E-state index in [9.17, 15) is 28.3 Å². The van der Waals surface area contributed by atoms with Crippen molar-refractivity contribution in [3.8, 4) is 23.0 Å². The van der Waals surface area contributed by atoms with Crippen molar-refractivity contribution in [3.63, 3.8) is 0 Å². The van der Waals surface area contributed by atoms with Crippen LogP contribution in [-0.2, 0) is 6.18 Å². The van der Waals surface area contributed by atoms with Crippen molar-refractivity contribution in [1.29, 1.82) is 5.26 Å². The maximum atomic E-state index is 12.9. The minimum atomic E-state index is -4.60. The number of nitriles is 1. The monoisotopic (exact) mass is 358 g/mol. The first-order valence-corrected chi connectivity index (χ1v) is 7.16. The second-order valence-electron chi connectivity index (χ2n) is 5.21. The van der Waals surface area contributed by atoms with Gasteiger partial charge >= 0.3 is 12.1 Å². The fourth-order valence-corrected chi connectivity index (χ4v) is 2.38. The van der Waals surface area contributed by atoms with Gasteiger partial charge in [0.15, 0.2) is 5.69 Å². The first-order valence-electron chi connectivity index (χ1n) is 7.16. The van der Waals surface area contributed by atoms with Gasteiger partial charge in [0.2, 0.25) is 0 Å². The van der Waals surface area contributed by atoms with E-state index < -0.39 is 17.7 Å². The lowest BCUT2D eigenvalue weighted by Crippen LogP contribution is -2.08. The van der Waals surface area contributed by atoms with E-state index in [1.54, 1.807) is 18.2 Å². The number of nitrogens with zero attached hydrogens (tertiary/aromatic N) is 4. The van der Waals surface area contributed by atoms with Crippen molar-refractivity contribution < 1.29 is 23.1 Å². The number of rotatable bonds is 3. The van der Waals surface area contributed by atoms with Gasteiger partial charge in [-0.1, -0.05) is 0 Å². The Balaban J connectivity index is 2.24. The predicted octanol–water partition coefficient (Wildman–Crippen LogP) is 3.52. The number of aromatic nitrogens is 3. The molecule has 26 heavy (non-hydrogen) atoms. The van der Waals surface area contributed by atoms with Crippen molar-refractivity contribution in [3.05, 3.63) is 65.6 Å². The van der Waals surface area contributed by atoms with Crippen LogP contribution in [0.5, 0.6) is 0 Å². The van der Waals surface area contributed by atoms with Gasteiger partial charge in [-0.25, -0.2) is 9.48 Å². The molecule has 0 amide bonds. The van der Waals surface area contributed by atoms with Gasteiger partial charge in [0, 0.05) is 18.0 Å². The van der Waals surface area contributed by atoms with E-state index in [1.165, 1.54) is 18.5 Å². The molecule has 0 saturated carbocycles. The van der Waals surface area contributed by atoms with Crippen LogP contribution in [0.4, 0.5) is 13.2 Å². The highest BCUT2D eigenvalue weighted by Gasteiger charge is 2.31. The smallest absolute Gasteiger partial charge is 0.416 e. The molecule has 2 heterocycles. The van der Waals surface area contributed by atoms with Crippen LogP contribution in [0.2, 0.25) is 0 Å². The summed E-state index contributed by atoms with van der Waals surface area (Å²) in [5.41, 5.74) is -0.765. The van der Waals surface area contributed by atoms with Gasteiger partial charge in [-0.3, -0.25) is 4.98 Å². The molecule has 9 heteroatoms. The minimum Gasteiger partial charge on any atom is -0.476 e.